The first-order valence-corrected chi connectivity index (χ1v) is 10.2. The second-order valence-electron chi connectivity index (χ2n) is 8.20. The minimum atomic E-state index is 0.0178. The summed E-state index contributed by atoms with van der Waals surface area (Å²) in [7, 11) is 0. The van der Waals surface area contributed by atoms with Crippen LogP contribution >= 0.6 is 0 Å². The molecule has 6 nitrogen and oxygen atoms in total. The molecule has 2 unspecified atom stereocenters. The van der Waals surface area contributed by atoms with Gasteiger partial charge in [-0.1, -0.05) is 6.07 Å². The molecule has 2 aliphatic rings. The van der Waals surface area contributed by atoms with E-state index >= 15 is 0 Å². The minimum Gasteiger partial charge on any atom is -0.477 e. The van der Waals surface area contributed by atoms with Crippen LogP contribution in [-0.4, -0.2) is 26.1 Å². The Morgan fingerprint density at radius 3 is 2.72 bits per heavy atom. The fraction of sp³-hybridized carbons (Fsp3) is 0.391. The van der Waals surface area contributed by atoms with Gasteiger partial charge in [0.05, 0.1) is 12.2 Å². The molecule has 6 heteroatoms. The average molecular weight is 388 g/mol. The zero-order chi connectivity index (χ0) is 20.0. The van der Waals surface area contributed by atoms with Gasteiger partial charge in [0, 0.05) is 48.2 Å². The molecule has 0 N–H and O–H groups in total. The topological polar surface area (TPSA) is 69.9 Å². The number of pyridine rings is 2. The van der Waals surface area contributed by atoms with Crippen LogP contribution in [0.15, 0.2) is 47.7 Å². The van der Waals surface area contributed by atoms with E-state index in [0.29, 0.717) is 36.2 Å². The zero-order valence-electron chi connectivity index (χ0n) is 16.7. The van der Waals surface area contributed by atoms with E-state index in [-0.39, 0.29) is 5.56 Å². The van der Waals surface area contributed by atoms with Gasteiger partial charge in [-0.2, -0.15) is 4.98 Å². The second kappa shape index (κ2) is 7.10. The van der Waals surface area contributed by atoms with Crippen molar-refractivity contribution in [3.63, 3.8) is 0 Å². The fourth-order valence-corrected chi connectivity index (χ4v) is 3.75. The van der Waals surface area contributed by atoms with Crippen molar-refractivity contribution >= 4 is 0 Å². The summed E-state index contributed by atoms with van der Waals surface area (Å²) in [5.74, 6) is 2.09. The highest BCUT2D eigenvalue weighted by atomic mass is 16.5. The van der Waals surface area contributed by atoms with Crippen LogP contribution in [0.4, 0.5) is 0 Å². The first-order valence-electron chi connectivity index (χ1n) is 10.2. The molecule has 3 heterocycles. The maximum absolute atomic E-state index is 12.4. The van der Waals surface area contributed by atoms with E-state index in [1.807, 2.05) is 36.9 Å². The summed E-state index contributed by atoms with van der Waals surface area (Å²) < 4.78 is 7.92. The van der Waals surface area contributed by atoms with E-state index in [4.69, 9.17) is 4.74 Å². The Morgan fingerprint density at radius 1 is 1.14 bits per heavy atom. The van der Waals surface area contributed by atoms with Gasteiger partial charge in [-0.25, -0.2) is 4.98 Å². The van der Waals surface area contributed by atoms with Gasteiger partial charge in [-0.15, -0.1) is 0 Å². The van der Waals surface area contributed by atoms with E-state index in [1.165, 1.54) is 5.56 Å². The van der Waals surface area contributed by atoms with Gasteiger partial charge in [0.2, 0.25) is 5.88 Å². The SMILES string of the molecule is Cc1ccc(C2CC2COc2nc(C)ncc2-c2ccn(C3CC3)c(=O)c2)nc1. The summed E-state index contributed by atoms with van der Waals surface area (Å²) in [5, 5.41) is 0. The second-order valence-corrected chi connectivity index (χ2v) is 8.20. The smallest absolute Gasteiger partial charge is 0.251 e. The van der Waals surface area contributed by atoms with Crippen LogP contribution in [0.5, 0.6) is 5.88 Å². The van der Waals surface area contributed by atoms with E-state index < -0.39 is 0 Å². The number of hydrogen-bond donors (Lipinski definition) is 0. The lowest BCUT2D eigenvalue weighted by atomic mass is 10.1. The number of hydrogen-bond acceptors (Lipinski definition) is 5. The van der Waals surface area contributed by atoms with E-state index in [0.717, 1.165) is 36.1 Å². The lowest BCUT2D eigenvalue weighted by molar-refractivity contribution is 0.285. The maximum Gasteiger partial charge on any atom is 0.251 e. The van der Waals surface area contributed by atoms with Crippen LogP contribution in [0.3, 0.4) is 0 Å². The molecule has 0 radical (unpaired) electrons. The van der Waals surface area contributed by atoms with Crippen LogP contribution in [0, 0.1) is 19.8 Å². The molecule has 29 heavy (non-hydrogen) atoms. The molecule has 0 saturated heterocycles. The summed E-state index contributed by atoms with van der Waals surface area (Å²) >= 11 is 0. The number of aryl methyl sites for hydroxylation is 2. The molecule has 2 saturated carbocycles. The quantitative estimate of drug-likeness (QED) is 0.642. The molecule has 0 aromatic carbocycles. The predicted octanol–water partition coefficient (Wildman–Crippen LogP) is 3.83. The first-order chi connectivity index (χ1) is 14.1. The molecule has 2 aliphatic carbocycles. The van der Waals surface area contributed by atoms with Crippen molar-refractivity contribution in [2.45, 2.75) is 45.1 Å². The summed E-state index contributed by atoms with van der Waals surface area (Å²) in [6.45, 7) is 4.48. The largest absolute Gasteiger partial charge is 0.477 e. The van der Waals surface area contributed by atoms with Crippen LogP contribution in [0.1, 0.15) is 48.3 Å². The highest BCUT2D eigenvalue weighted by molar-refractivity contribution is 5.67. The molecular weight excluding hydrogens is 364 g/mol. The Morgan fingerprint density at radius 2 is 2.00 bits per heavy atom. The first kappa shape index (κ1) is 18.0. The standard InChI is InChI=1S/C23H24N4O2/c1-14-3-6-21(25-11-14)19-9-17(19)13-29-23-20(12-24-15(2)26-23)16-7-8-27(18-4-5-18)22(28)10-16/h3,6-8,10-12,17-19H,4-5,9,13H2,1-2H3. The Balaban J connectivity index is 1.33. The van der Waals surface area contributed by atoms with Gasteiger partial charge in [-0.05, 0) is 56.4 Å². The normalized spacial score (nSPS) is 20.5. The molecule has 0 spiro atoms. The Bertz CT molecular complexity index is 1100. The van der Waals surface area contributed by atoms with Crippen LogP contribution < -0.4 is 10.3 Å². The number of rotatable bonds is 6. The fourth-order valence-electron chi connectivity index (χ4n) is 3.75. The third kappa shape index (κ3) is 3.79. The Kier molecular flexibility index (Phi) is 4.42. The Hall–Kier alpha value is -3.02. The molecular formula is C23H24N4O2. The van der Waals surface area contributed by atoms with E-state index in [2.05, 4.69) is 27.1 Å². The molecule has 0 aliphatic heterocycles. The third-order valence-corrected chi connectivity index (χ3v) is 5.74. The van der Waals surface area contributed by atoms with Gasteiger partial charge < -0.3 is 9.30 Å². The molecule has 0 amide bonds. The highest BCUT2D eigenvalue weighted by Crippen LogP contribution is 2.47. The molecule has 0 bridgehead atoms. The maximum atomic E-state index is 12.4. The van der Waals surface area contributed by atoms with Crippen molar-refractivity contribution in [2.75, 3.05) is 6.61 Å². The van der Waals surface area contributed by atoms with Gasteiger partial charge in [-0.3, -0.25) is 9.78 Å². The Labute approximate surface area is 169 Å². The molecule has 3 aromatic rings. The lowest BCUT2D eigenvalue weighted by Crippen LogP contribution is -2.17. The van der Waals surface area contributed by atoms with Crippen molar-refractivity contribution in [3.05, 3.63) is 70.3 Å². The molecule has 3 aromatic heterocycles. The number of nitrogens with zero attached hydrogens (tertiary/aromatic N) is 4. The van der Waals surface area contributed by atoms with Gasteiger partial charge in [0.1, 0.15) is 5.82 Å². The van der Waals surface area contributed by atoms with Crippen LogP contribution in [0.2, 0.25) is 0 Å². The zero-order valence-corrected chi connectivity index (χ0v) is 16.7. The summed E-state index contributed by atoms with van der Waals surface area (Å²) in [6.07, 6.45) is 8.78. The number of aromatic nitrogens is 4. The van der Waals surface area contributed by atoms with Crippen molar-refractivity contribution in [1.82, 2.24) is 19.5 Å². The minimum absolute atomic E-state index is 0.0178. The molecule has 2 atom stereocenters. The molecule has 148 valence electrons. The van der Waals surface area contributed by atoms with Crippen molar-refractivity contribution in [3.8, 4) is 17.0 Å². The average Bonchev–Trinajstić information content (AvgIpc) is 3.62. The monoisotopic (exact) mass is 388 g/mol. The number of ether oxygens (including phenoxy) is 1. The van der Waals surface area contributed by atoms with Gasteiger partial charge in [0.25, 0.3) is 5.56 Å². The van der Waals surface area contributed by atoms with Crippen LogP contribution in [0.25, 0.3) is 11.1 Å². The van der Waals surface area contributed by atoms with E-state index in [1.54, 1.807) is 12.3 Å². The summed E-state index contributed by atoms with van der Waals surface area (Å²) in [6, 6.07) is 8.19. The van der Waals surface area contributed by atoms with Crippen LogP contribution in [-0.2, 0) is 0 Å². The lowest BCUT2D eigenvalue weighted by Gasteiger charge is -2.12. The van der Waals surface area contributed by atoms with Crippen molar-refractivity contribution in [2.24, 2.45) is 5.92 Å². The predicted molar refractivity (Wildman–Crippen MR) is 110 cm³/mol. The molecule has 2 fully saturated rings. The van der Waals surface area contributed by atoms with Gasteiger partial charge >= 0.3 is 0 Å². The van der Waals surface area contributed by atoms with Gasteiger partial charge in [0.15, 0.2) is 0 Å². The van der Waals surface area contributed by atoms with Crippen molar-refractivity contribution in [1.29, 1.82) is 0 Å². The molecule has 5 rings (SSSR count). The van der Waals surface area contributed by atoms with E-state index in [9.17, 15) is 4.79 Å². The third-order valence-electron chi connectivity index (χ3n) is 5.74. The van der Waals surface area contributed by atoms with Crippen molar-refractivity contribution < 1.29 is 4.74 Å². The summed E-state index contributed by atoms with van der Waals surface area (Å²) in [5.41, 5.74) is 3.89. The summed E-state index contributed by atoms with van der Waals surface area (Å²) in [4.78, 5) is 25.8. The highest BCUT2D eigenvalue weighted by Gasteiger charge is 2.40.